The van der Waals surface area contributed by atoms with Gasteiger partial charge >= 0.3 is 11.9 Å². The Morgan fingerprint density at radius 1 is 1.38 bits per heavy atom. The third-order valence-corrected chi connectivity index (χ3v) is 3.36. The van der Waals surface area contributed by atoms with Gasteiger partial charge in [0.1, 0.15) is 0 Å². The Kier molecular flexibility index (Phi) is 7.69. The highest BCUT2D eigenvalue weighted by Crippen LogP contribution is 2.34. The summed E-state index contributed by atoms with van der Waals surface area (Å²) in [5.74, 6) is -2.59. The van der Waals surface area contributed by atoms with E-state index in [-0.39, 0.29) is 34.0 Å². The van der Waals surface area contributed by atoms with Gasteiger partial charge in [0.25, 0.3) is 0 Å². The van der Waals surface area contributed by atoms with Crippen LogP contribution in [0.5, 0.6) is 0 Å². The molecule has 1 aromatic rings. The van der Waals surface area contributed by atoms with Crippen LogP contribution in [0.25, 0.3) is 0 Å². The highest BCUT2D eigenvalue weighted by atomic mass is 35.5. The molecule has 0 spiro atoms. The van der Waals surface area contributed by atoms with Gasteiger partial charge in [0.15, 0.2) is 5.92 Å². The monoisotopic (exact) mass is 370 g/mol. The number of carbonyl (C=O) groups is 2. The molecule has 1 unspecified atom stereocenters. The smallest absolute Gasteiger partial charge is 0.341 e. The molecular formula is C16H16Cl2N2O4. The Hall–Kier alpha value is -2.10. The maximum Gasteiger partial charge on any atom is 0.341 e. The van der Waals surface area contributed by atoms with Gasteiger partial charge in [-0.25, -0.2) is 4.79 Å². The number of nitriles is 1. The predicted octanol–water partition coefficient (Wildman–Crippen LogP) is 3.96. The number of hydrogen-bond acceptors (Lipinski definition) is 6. The van der Waals surface area contributed by atoms with E-state index < -0.39 is 17.9 Å². The van der Waals surface area contributed by atoms with Crippen molar-refractivity contribution in [1.29, 1.82) is 5.26 Å². The summed E-state index contributed by atoms with van der Waals surface area (Å²) in [4.78, 5) is 27.6. The SMILES string of the molecule is CCOC(=O)c1c(Cl)ccc(N=CC(C#N)C(=O)OC(C)C)c1Cl. The average Bonchev–Trinajstić information content (AvgIpc) is 2.49. The highest BCUT2D eigenvalue weighted by Gasteiger charge is 2.21. The van der Waals surface area contributed by atoms with Crippen molar-refractivity contribution in [3.8, 4) is 6.07 Å². The molecule has 0 fully saturated rings. The second-order valence-electron chi connectivity index (χ2n) is 4.85. The number of nitrogens with zero attached hydrogens (tertiary/aromatic N) is 2. The van der Waals surface area contributed by atoms with E-state index in [9.17, 15) is 9.59 Å². The van der Waals surface area contributed by atoms with E-state index in [1.807, 2.05) is 0 Å². The molecule has 128 valence electrons. The molecule has 0 heterocycles. The zero-order chi connectivity index (χ0) is 18.3. The minimum atomic E-state index is -1.19. The highest BCUT2D eigenvalue weighted by molar-refractivity contribution is 6.41. The minimum absolute atomic E-state index is 0.0203. The van der Waals surface area contributed by atoms with Crippen molar-refractivity contribution in [2.24, 2.45) is 10.9 Å². The molecule has 0 bridgehead atoms. The van der Waals surface area contributed by atoms with Crippen molar-refractivity contribution in [1.82, 2.24) is 0 Å². The third-order valence-electron chi connectivity index (χ3n) is 2.66. The molecule has 0 amide bonds. The average molecular weight is 371 g/mol. The van der Waals surface area contributed by atoms with Crippen LogP contribution in [0.4, 0.5) is 5.69 Å². The van der Waals surface area contributed by atoms with Crippen molar-refractivity contribution < 1.29 is 19.1 Å². The lowest BCUT2D eigenvalue weighted by atomic mass is 10.1. The summed E-state index contributed by atoms with van der Waals surface area (Å²) in [5.41, 5.74) is 0.162. The normalized spacial score (nSPS) is 12.0. The molecule has 0 saturated carbocycles. The molecule has 0 aromatic heterocycles. The van der Waals surface area contributed by atoms with Crippen LogP contribution in [0, 0.1) is 17.2 Å². The quantitative estimate of drug-likeness (QED) is 0.558. The first-order chi connectivity index (χ1) is 11.3. The molecule has 0 radical (unpaired) electrons. The first kappa shape index (κ1) is 19.9. The largest absolute Gasteiger partial charge is 0.462 e. The lowest BCUT2D eigenvalue weighted by Crippen LogP contribution is -2.20. The van der Waals surface area contributed by atoms with Gasteiger partial charge < -0.3 is 9.47 Å². The molecule has 6 nitrogen and oxygen atoms in total. The fourth-order valence-corrected chi connectivity index (χ4v) is 2.21. The van der Waals surface area contributed by atoms with Crippen molar-refractivity contribution in [2.75, 3.05) is 6.61 Å². The molecule has 0 N–H and O–H groups in total. The second kappa shape index (κ2) is 9.26. The predicted molar refractivity (Wildman–Crippen MR) is 90.9 cm³/mol. The lowest BCUT2D eigenvalue weighted by Gasteiger charge is -2.10. The molecule has 0 aliphatic heterocycles. The lowest BCUT2D eigenvalue weighted by molar-refractivity contribution is -0.148. The van der Waals surface area contributed by atoms with Crippen LogP contribution in [0.1, 0.15) is 31.1 Å². The molecule has 0 aliphatic rings. The topological polar surface area (TPSA) is 88.8 Å². The van der Waals surface area contributed by atoms with Gasteiger partial charge in [-0.2, -0.15) is 5.26 Å². The maximum atomic E-state index is 11.9. The van der Waals surface area contributed by atoms with E-state index in [1.165, 1.54) is 12.1 Å². The summed E-state index contributed by atoms with van der Waals surface area (Å²) in [6.07, 6.45) is 0.755. The molecule has 8 heteroatoms. The molecule has 1 rings (SSSR count). The number of carbonyl (C=O) groups excluding carboxylic acids is 2. The number of halogens is 2. The number of benzene rings is 1. The summed E-state index contributed by atoms with van der Waals surface area (Å²) >= 11 is 12.1. The Morgan fingerprint density at radius 3 is 2.58 bits per heavy atom. The van der Waals surface area contributed by atoms with Crippen LogP contribution in [-0.2, 0) is 14.3 Å². The van der Waals surface area contributed by atoms with Gasteiger partial charge in [-0.05, 0) is 32.9 Å². The second-order valence-corrected chi connectivity index (χ2v) is 5.63. The van der Waals surface area contributed by atoms with Crippen LogP contribution >= 0.6 is 23.2 Å². The molecular weight excluding hydrogens is 355 g/mol. The number of hydrogen-bond donors (Lipinski definition) is 0. The van der Waals surface area contributed by atoms with E-state index in [0.29, 0.717) is 0 Å². The fourth-order valence-electron chi connectivity index (χ4n) is 1.64. The van der Waals surface area contributed by atoms with Crippen molar-refractivity contribution in [3.63, 3.8) is 0 Å². The van der Waals surface area contributed by atoms with Crippen LogP contribution < -0.4 is 0 Å². The van der Waals surface area contributed by atoms with E-state index >= 15 is 0 Å². The Morgan fingerprint density at radius 2 is 2.04 bits per heavy atom. The third kappa shape index (κ3) is 5.22. The number of aliphatic imine (C=N–C) groups is 1. The first-order valence-electron chi connectivity index (χ1n) is 7.11. The van der Waals surface area contributed by atoms with Crippen LogP contribution in [0.3, 0.4) is 0 Å². The van der Waals surface area contributed by atoms with E-state index in [0.717, 1.165) is 6.21 Å². The molecule has 1 atom stereocenters. The minimum Gasteiger partial charge on any atom is -0.462 e. The first-order valence-corrected chi connectivity index (χ1v) is 7.86. The van der Waals surface area contributed by atoms with Gasteiger partial charge in [-0.3, -0.25) is 9.79 Å². The summed E-state index contributed by atoms with van der Waals surface area (Å²) in [6, 6.07) is 4.68. The molecule has 24 heavy (non-hydrogen) atoms. The van der Waals surface area contributed by atoms with Gasteiger partial charge in [-0.15, -0.1) is 0 Å². The van der Waals surface area contributed by atoms with Gasteiger partial charge in [0.2, 0.25) is 0 Å². The molecule has 0 aliphatic carbocycles. The van der Waals surface area contributed by atoms with Gasteiger partial charge in [0, 0.05) is 6.21 Å². The van der Waals surface area contributed by atoms with Crippen molar-refractivity contribution >= 4 is 47.0 Å². The van der Waals surface area contributed by atoms with Crippen molar-refractivity contribution in [2.45, 2.75) is 26.9 Å². The van der Waals surface area contributed by atoms with Crippen LogP contribution in [-0.4, -0.2) is 30.9 Å². The zero-order valence-electron chi connectivity index (χ0n) is 13.4. The number of ether oxygens (including phenoxy) is 2. The number of esters is 2. The van der Waals surface area contributed by atoms with Crippen LogP contribution in [0.2, 0.25) is 10.0 Å². The molecule has 1 aromatic carbocycles. The standard InChI is InChI=1S/C16H16Cl2N2O4/c1-4-23-16(22)13-11(17)5-6-12(14(13)18)20-8-10(7-19)15(21)24-9(2)3/h5-6,8-10H,4H2,1-3H3. The van der Waals surface area contributed by atoms with Crippen LogP contribution in [0.15, 0.2) is 17.1 Å². The summed E-state index contributed by atoms with van der Waals surface area (Å²) < 4.78 is 9.84. The van der Waals surface area contributed by atoms with Gasteiger partial charge in [-0.1, -0.05) is 23.2 Å². The summed E-state index contributed by atoms with van der Waals surface area (Å²) in [5, 5.41) is 9.14. The Bertz CT molecular complexity index is 696. The summed E-state index contributed by atoms with van der Waals surface area (Å²) in [7, 11) is 0. The summed E-state index contributed by atoms with van der Waals surface area (Å²) in [6.45, 7) is 5.16. The Balaban J connectivity index is 3.11. The van der Waals surface area contributed by atoms with Gasteiger partial charge in [0.05, 0.1) is 40.1 Å². The fraction of sp³-hybridized carbons (Fsp3) is 0.375. The van der Waals surface area contributed by atoms with Crippen molar-refractivity contribution in [3.05, 3.63) is 27.7 Å². The number of rotatable bonds is 6. The Labute approximate surface area is 150 Å². The van der Waals surface area contributed by atoms with E-state index in [4.69, 9.17) is 37.9 Å². The maximum absolute atomic E-state index is 11.9. The van der Waals surface area contributed by atoms with E-state index in [2.05, 4.69) is 4.99 Å². The molecule has 0 saturated heterocycles. The zero-order valence-corrected chi connectivity index (χ0v) is 14.9. The van der Waals surface area contributed by atoms with E-state index in [1.54, 1.807) is 26.8 Å².